The van der Waals surface area contributed by atoms with Gasteiger partial charge in [0.05, 0.1) is 0 Å². The van der Waals surface area contributed by atoms with Crippen LogP contribution in [0.25, 0.3) is 0 Å². The molecule has 1 aliphatic heterocycles. The number of nitrogens with zero attached hydrogens (tertiary/aromatic N) is 1. The number of piperidine rings is 1. The van der Waals surface area contributed by atoms with Crippen molar-refractivity contribution in [3.05, 3.63) is 0 Å². The van der Waals surface area contributed by atoms with E-state index < -0.39 is 0 Å². The minimum atomic E-state index is 0.344. The van der Waals surface area contributed by atoms with Gasteiger partial charge in [-0.2, -0.15) is 0 Å². The summed E-state index contributed by atoms with van der Waals surface area (Å²) in [5.74, 6) is 0. The lowest BCUT2D eigenvalue weighted by Gasteiger charge is -2.41. The molecule has 1 atom stereocenters. The first-order chi connectivity index (χ1) is 8.93. The van der Waals surface area contributed by atoms with Gasteiger partial charge in [0.1, 0.15) is 0 Å². The Kier molecular flexibility index (Phi) is 7.38. The monoisotopic (exact) mass is 268 g/mol. The van der Waals surface area contributed by atoms with Crippen LogP contribution in [0.4, 0.5) is 0 Å². The number of likely N-dealkylation sites (tertiary alicyclic amines) is 1. The molecule has 1 heterocycles. The molecule has 1 saturated heterocycles. The summed E-state index contributed by atoms with van der Waals surface area (Å²) in [6.45, 7) is 14.1. The van der Waals surface area contributed by atoms with Crippen LogP contribution in [-0.2, 0) is 0 Å². The average Bonchev–Trinajstić information content (AvgIpc) is 2.34. The van der Waals surface area contributed by atoms with E-state index in [9.17, 15) is 0 Å². The second-order valence-electron chi connectivity index (χ2n) is 7.35. The van der Waals surface area contributed by atoms with Gasteiger partial charge in [0.15, 0.2) is 0 Å². The summed E-state index contributed by atoms with van der Waals surface area (Å²) in [5.41, 5.74) is 0.344. The zero-order chi connectivity index (χ0) is 14.3. The number of nitrogens with one attached hydrogen (secondary N) is 1. The molecule has 0 bridgehead atoms. The van der Waals surface area contributed by atoms with Crippen LogP contribution in [0.3, 0.4) is 0 Å². The van der Waals surface area contributed by atoms with Gasteiger partial charge >= 0.3 is 0 Å². The zero-order valence-electron chi connectivity index (χ0n) is 14.0. The summed E-state index contributed by atoms with van der Waals surface area (Å²) in [7, 11) is 0. The molecule has 19 heavy (non-hydrogen) atoms. The summed E-state index contributed by atoms with van der Waals surface area (Å²) in [6, 6.07) is 1.45. The molecule has 0 aliphatic carbocycles. The third-order valence-electron chi connectivity index (χ3n) is 4.45. The Labute approximate surface area is 121 Å². The van der Waals surface area contributed by atoms with Crippen LogP contribution in [0, 0.1) is 0 Å². The molecule has 2 nitrogen and oxygen atoms in total. The van der Waals surface area contributed by atoms with Crippen molar-refractivity contribution >= 4 is 0 Å². The van der Waals surface area contributed by atoms with Gasteiger partial charge < -0.3 is 5.32 Å². The fourth-order valence-corrected chi connectivity index (χ4v) is 3.08. The molecule has 0 amide bonds. The first-order valence-corrected chi connectivity index (χ1v) is 8.44. The van der Waals surface area contributed by atoms with E-state index in [1.807, 2.05) is 0 Å². The third kappa shape index (κ3) is 6.76. The van der Waals surface area contributed by atoms with Crippen molar-refractivity contribution < 1.29 is 0 Å². The molecular formula is C17H36N2. The second-order valence-corrected chi connectivity index (χ2v) is 7.35. The Morgan fingerprint density at radius 2 is 1.74 bits per heavy atom. The Hall–Kier alpha value is -0.0800. The molecule has 2 heteroatoms. The van der Waals surface area contributed by atoms with E-state index >= 15 is 0 Å². The van der Waals surface area contributed by atoms with E-state index in [0.29, 0.717) is 11.6 Å². The molecule has 1 N–H and O–H groups in total. The van der Waals surface area contributed by atoms with Gasteiger partial charge in [-0.3, -0.25) is 4.90 Å². The lowest BCUT2D eigenvalue weighted by atomic mass is 9.97. The third-order valence-corrected chi connectivity index (χ3v) is 4.45. The molecule has 0 aromatic carbocycles. The highest BCUT2D eigenvalue weighted by Gasteiger charge is 2.27. The summed E-state index contributed by atoms with van der Waals surface area (Å²) in [5, 5.41) is 3.84. The summed E-state index contributed by atoms with van der Waals surface area (Å²) >= 11 is 0. The fraction of sp³-hybridized carbons (Fsp3) is 1.00. The second kappa shape index (κ2) is 8.26. The minimum absolute atomic E-state index is 0.344. The number of hydrogen-bond donors (Lipinski definition) is 1. The van der Waals surface area contributed by atoms with Crippen LogP contribution in [0.2, 0.25) is 0 Å². The molecular weight excluding hydrogens is 232 g/mol. The highest BCUT2D eigenvalue weighted by atomic mass is 15.2. The summed E-state index contributed by atoms with van der Waals surface area (Å²) in [6.07, 6.45) is 9.52. The van der Waals surface area contributed by atoms with Crippen LogP contribution < -0.4 is 5.32 Å². The van der Waals surface area contributed by atoms with Gasteiger partial charge in [-0.05, 0) is 47.0 Å². The Balaban J connectivity index is 2.14. The van der Waals surface area contributed by atoms with Crippen molar-refractivity contribution in [1.82, 2.24) is 10.2 Å². The average molecular weight is 268 g/mol. The van der Waals surface area contributed by atoms with Crippen molar-refractivity contribution in [2.45, 2.75) is 97.2 Å². The van der Waals surface area contributed by atoms with Crippen molar-refractivity contribution in [3.8, 4) is 0 Å². The molecule has 0 aromatic heterocycles. The van der Waals surface area contributed by atoms with Crippen LogP contribution in [0.15, 0.2) is 0 Å². The molecule has 0 aromatic rings. The smallest absolute Gasteiger partial charge is 0.0125 e. The number of rotatable bonds is 7. The van der Waals surface area contributed by atoms with Gasteiger partial charge in [-0.1, -0.05) is 32.6 Å². The van der Waals surface area contributed by atoms with E-state index in [-0.39, 0.29) is 0 Å². The predicted molar refractivity (Wildman–Crippen MR) is 85.7 cm³/mol. The molecule has 1 rings (SSSR count). The highest BCUT2D eigenvalue weighted by molar-refractivity contribution is 4.85. The molecule has 0 radical (unpaired) electrons. The molecule has 1 aliphatic rings. The maximum atomic E-state index is 3.84. The predicted octanol–water partition coefficient (Wildman–Crippen LogP) is 4.20. The largest absolute Gasteiger partial charge is 0.311 e. The molecule has 0 spiro atoms. The lowest BCUT2D eigenvalue weighted by Crippen LogP contribution is -2.51. The van der Waals surface area contributed by atoms with Crippen molar-refractivity contribution in [2.75, 3.05) is 13.1 Å². The van der Waals surface area contributed by atoms with Crippen LogP contribution >= 0.6 is 0 Å². The van der Waals surface area contributed by atoms with E-state index in [2.05, 4.69) is 44.8 Å². The Bertz CT molecular complexity index is 224. The number of hydrogen-bond acceptors (Lipinski definition) is 2. The molecule has 1 fully saturated rings. The SMILES string of the molecule is CCCCCCC(C)NC1CCN(C(C)(C)C)CC1. The van der Waals surface area contributed by atoms with Gasteiger partial charge in [0.25, 0.3) is 0 Å². The van der Waals surface area contributed by atoms with Gasteiger partial charge in [0.2, 0.25) is 0 Å². The van der Waals surface area contributed by atoms with E-state index in [4.69, 9.17) is 0 Å². The zero-order valence-corrected chi connectivity index (χ0v) is 14.0. The fourth-order valence-electron chi connectivity index (χ4n) is 3.08. The summed E-state index contributed by atoms with van der Waals surface area (Å²) in [4.78, 5) is 2.62. The van der Waals surface area contributed by atoms with Gasteiger partial charge in [0, 0.05) is 30.7 Å². The van der Waals surface area contributed by atoms with E-state index in [1.165, 1.54) is 58.0 Å². The van der Waals surface area contributed by atoms with Crippen molar-refractivity contribution in [2.24, 2.45) is 0 Å². The first-order valence-electron chi connectivity index (χ1n) is 8.44. The van der Waals surface area contributed by atoms with Crippen molar-refractivity contribution in [3.63, 3.8) is 0 Å². The summed E-state index contributed by atoms with van der Waals surface area (Å²) < 4.78 is 0. The first kappa shape index (κ1) is 17.0. The van der Waals surface area contributed by atoms with E-state index in [0.717, 1.165) is 6.04 Å². The lowest BCUT2D eigenvalue weighted by molar-refractivity contribution is 0.0939. The Morgan fingerprint density at radius 3 is 2.26 bits per heavy atom. The molecule has 114 valence electrons. The quantitative estimate of drug-likeness (QED) is 0.696. The van der Waals surface area contributed by atoms with Crippen LogP contribution in [-0.4, -0.2) is 35.6 Å². The normalized spacial score (nSPS) is 20.7. The topological polar surface area (TPSA) is 15.3 Å². The van der Waals surface area contributed by atoms with Gasteiger partial charge in [-0.25, -0.2) is 0 Å². The maximum Gasteiger partial charge on any atom is 0.0125 e. The van der Waals surface area contributed by atoms with Crippen LogP contribution in [0.1, 0.15) is 79.6 Å². The highest BCUT2D eigenvalue weighted by Crippen LogP contribution is 2.20. The Morgan fingerprint density at radius 1 is 1.11 bits per heavy atom. The van der Waals surface area contributed by atoms with Crippen molar-refractivity contribution in [1.29, 1.82) is 0 Å². The molecule has 0 saturated carbocycles. The van der Waals surface area contributed by atoms with E-state index in [1.54, 1.807) is 0 Å². The number of unbranched alkanes of at least 4 members (excludes halogenated alkanes) is 3. The maximum absolute atomic E-state index is 3.84. The molecule has 1 unspecified atom stereocenters. The van der Waals surface area contributed by atoms with Crippen LogP contribution in [0.5, 0.6) is 0 Å². The minimum Gasteiger partial charge on any atom is -0.311 e. The standard InChI is InChI=1S/C17H36N2/c1-6-7-8-9-10-15(2)18-16-11-13-19(14-12-16)17(3,4)5/h15-16,18H,6-14H2,1-5H3. The van der Waals surface area contributed by atoms with Gasteiger partial charge in [-0.15, -0.1) is 0 Å².